The molecule has 7 nitrogen and oxygen atoms in total. The van der Waals surface area contributed by atoms with Gasteiger partial charge in [-0.15, -0.1) is 21.5 Å². The van der Waals surface area contributed by atoms with E-state index in [9.17, 15) is 4.79 Å². The lowest BCUT2D eigenvalue weighted by molar-refractivity contribution is -0.113. The van der Waals surface area contributed by atoms with Crippen LogP contribution in [-0.4, -0.2) is 40.5 Å². The number of anilines is 1. The minimum Gasteiger partial charge on any atom is -0.493 e. The summed E-state index contributed by atoms with van der Waals surface area (Å²) in [5, 5.41) is 13.9. The van der Waals surface area contributed by atoms with Crippen molar-refractivity contribution in [3.63, 3.8) is 0 Å². The highest BCUT2D eigenvalue weighted by molar-refractivity contribution is 8.00. The van der Waals surface area contributed by atoms with Gasteiger partial charge in [0, 0.05) is 11.8 Å². The fourth-order valence-corrected chi connectivity index (χ4v) is 4.32. The molecule has 4 rings (SSSR count). The van der Waals surface area contributed by atoms with Crippen molar-refractivity contribution >= 4 is 50.4 Å². The molecule has 3 heterocycles. The smallest absolute Gasteiger partial charge is 0.234 e. The Morgan fingerprint density at radius 3 is 2.85 bits per heavy atom. The zero-order chi connectivity index (χ0) is 18.8. The summed E-state index contributed by atoms with van der Waals surface area (Å²) in [5.41, 5.74) is 2.70. The summed E-state index contributed by atoms with van der Waals surface area (Å²) >= 11 is 3.02. The minimum absolute atomic E-state index is 0.135. The van der Waals surface area contributed by atoms with Crippen molar-refractivity contribution < 1.29 is 14.3 Å². The number of hydrogen-bond donors (Lipinski definition) is 1. The van der Waals surface area contributed by atoms with Crippen LogP contribution in [0.25, 0.3) is 15.7 Å². The van der Waals surface area contributed by atoms with Crippen LogP contribution in [0.3, 0.4) is 0 Å². The molecule has 0 bridgehead atoms. The molecule has 0 aliphatic rings. The number of ether oxygens (including phenoxy) is 2. The second-order valence-electron chi connectivity index (χ2n) is 5.61. The van der Waals surface area contributed by atoms with Gasteiger partial charge in [0.1, 0.15) is 11.4 Å². The fraction of sp³-hybridized carbons (Fsp3) is 0.167. The quantitative estimate of drug-likeness (QED) is 0.498. The number of carbonyl (C=O) groups is 1. The first-order chi connectivity index (χ1) is 13.2. The van der Waals surface area contributed by atoms with Crippen LogP contribution in [0.2, 0.25) is 0 Å². The number of benzene rings is 1. The van der Waals surface area contributed by atoms with Gasteiger partial charge in [0.2, 0.25) is 5.91 Å². The van der Waals surface area contributed by atoms with E-state index >= 15 is 0 Å². The number of thioether (sulfide) groups is 1. The first kappa shape index (κ1) is 17.6. The Balaban J connectivity index is 1.47. The van der Waals surface area contributed by atoms with Crippen LogP contribution in [-0.2, 0) is 4.79 Å². The molecular weight excluding hydrogens is 384 g/mol. The van der Waals surface area contributed by atoms with Crippen molar-refractivity contribution in [1.29, 1.82) is 0 Å². The molecule has 0 fully saturated rings. The monoisotopic (exact) mass is 400 g/mol. The van der Waals surface area contributed by atoms with Crippen LogP contribution in [0, 0.1) is 0 Å². The third-order valence-corrected chi connectivity index (χ3v) is 5.83. The van der Waals surface area contributed by atoms with Gasteiger partial charge in [-0.25, -0.2) is 0 Å². The molecule has 0 spiro atoms. The molecule has 0 aliphatic heterocycles. The lowest BCUT2D eigenvalue weighted by Crippen LogP contribution is -2.14. The maximum absolute atomic E-state index is 12.3. The summed E-state index contributed by atoms with van der Waals surface area (Å²) < 4.78 is 13.6. The second-order valence-corrected chi connectivity index (χ2v) is 7.52. The van der Waals surface area contributed by atoms with Gasteiger partial charge in [-0.3, -0.25) is 9.20 Å². The number of hydrogen-bond acceptors (Lipinski definition) is 7. The number of fused-ring (bicyclic) bond motifs is 3. The Labute approximate surface area is 163 Å². The summed E-state index contributed by atoms with van der Waals surface area (Å²) in [4.78, 5) is 12.3. The number of carbonyl (C=O) groups excluding carboxylic acids is 1. The summed E-state index contributed by atoms with van der Waals surface area (Å²) in [7, 11) is 3.13. The first-order valence-electron chi connectivity index (χ1n) is 8.04. The van der Waals surface area contributed by atoms with E-state index < -0.39 is 0 Å². The van der Waals surface area contributed by atoms with E-state index in [1.165, 1.54) is 16.5 Å². The van der Waals surface area contributed by atoms with Crippen LogP contribution < -0.4 is 14.8 Å². The molecule has 0 saturated carbocycles. The summed E-state index contributed by atoms with van der Waals surface area (Å²) in [6, 6.07) is 9.37. The largest absolute Gasteiger partial charge is 0.493 e. The standard InChI is InChI=1S/C18H16N4O3S2/c1-24-14-4-3-11(7-15(14)25-2)20-17(23)9-27-18-13-8-16-12(5-6-26-16)22(13)10-19-21-18/h3-8,10H,9H2,1-2H3,(H,20,23). The normalized spacial score (nSPS) is 11.0. The molecule has 27 heavy (non-hydrogen) atoms. The van der Waals surface area contributed by atoms with E-state index in [1.807, 2.05) is 15.8 Å². The van der Waals surface area contributed by atoms with Gasteiger partial charge in [-0.05, 0) is 29.6 Å². The van der Waals surface area contributed by atoms with Gasteiger partial charge in [0.15, 0.2) is 11.5 Å². The van der Waals surface area contributed by atoms with Crippen LogP contribution in [0.5, 0.6) is 11.5 Å². The zero-order valence-electron chi connectivity index (χ0n) is 14.6. The van der Waals surface area contributed by atoms with Crippen molar-refractivity contribution in [3.05, 3.63) is 42.0 Å². The Morgan fingerprint density at radius 2 is 2.04 bits per heavy atom. The van der Waals surface area contributed by atoms with Gasteiger partial charge in [0.05, 0.1) is 35.7 Å². The van der Waals surface area contributed by atoms with Gasteiger partial charge < -0.3 is 14.8 Å². The molecule has 0 atom stereocenters. The van der Waals surface area contributed by atoms with E-state index in [0.29, 0.717) is 17.2 Å². The van der Waals surface area contributed by atoms with Gasteiger partial charge >= 0.3 is 0 Å². The molecule has 1 amide bonds. The third-order valence-electron chi connectivity index (χ3n) is 4.00. The molecule has 3 aromatic heterocycles. The first-order valence-corrected chi connectivity index (χ1v) is 9.90. The Morgan fingerprint density at radius 1 is 1.19 bits per heavy atom. The molecule has 4 aromatic rings. The van der Waals surface area contributed by atoms with Crippen molar-refractivity contribution in [2.45, 2.75) is 5.03 Å². The minimum atomic E-state index is -0.135. The maximum atomic E-state index is 12.3. The van der Waals surface area contributed by atoms with Crippen molar-refractivity contribution in [2.75, 3.05) is 25.3 Å². The molecular formula is C18H16N4O3S2. The lowest BCUT2D eigenvalue weighted by atomic mass is 10.2. The van der Waals surface area contributed by atoms with Crippen LogP contribution in [0.4, 0.5) is 5.69 Å². The summed E-state index contributed by atoms with van der Waals surface area (Å²) in [5.74, 6) is 1.26. The second kappa shape index (κ2) is 7.45. The summed E-state index contributed by atoms with van der Waals surface area (Å²) in [6.07, 6.45) is 1.69. The van der Waals surface area contributed by atoms with Crippen molar-refractivity contribution in [2.24, 2.45) is 0 Å². The van der Waals surface area contributed by atoms with Crippen molar-refractivity contribution in [3.8, 4) is 11.5 Å². The Kier molecular flexibility index (Phi) is 4.87. The average molecular weight is 400 g/mol. The number of aromatic nitrogens is 3. The highest BCUT2D eigenvalue weighted by Gasteiger charge is 2.13. The average Bonchev–Trinajstić information content (AvgIpc) is 3.28. The molecule has 9 heteroatoms. The van der Waals surface area contributed by atoms with E-state index in [4.69, 9.17) is 9.47 Å². The van der Waals surface area contributed by atoms with Crippen LogP contribution in [0.15, 0.2) is 47.1 Å². The SMILES string of the molecule is COc1ccc(NC(=O)CSc2nncn3c2cc2sccc23)cc1OC. The number of amides is 1. The Bertz CT molecular complexity index is 1120. The number of nitrogens with zero attached hydrogens (tertiary/aromatic N) is 3. The number of nitrogens with one attached hydrogen (secondary N) is 1. The number of thiophene rings is 1. The van der Waals surface area contributed by atoms with Gasteiger partial charge in [-0.1, -0.05) is 11.8 Å². The maximum Gasteiger partial charge on any atom is 0.234 e. The van der Waals surface area contributed by atoms with Crippen LogP contribution >= 0.6 is 23.1 Å². The van der Waals surface area contributed by atoms with E-state index in [0.717, 1.165) is 16.1 Å². The Hall–Kier alpha value is -2.78. The van der Waals surface area contributed by atoms with Gasteiger partial charge in [0.25, 0.3) is 0 Å². The van der Waals surface area contributed by atoms with Crippen molar-refractivity contribution in [1.82, 2.24) is 14.6 Å². The molecule has 1 N–H and O–H groups in total. The highest BCUT2D eigenvalue weighted by atomic mass is 32.2. The predicted molar refractivity (Wildman–Crippen MR) is 107 cm³/mol. The fourth-order valence-electron chi connectivity index (χ4n) is 2.76. The molecule has 0 saturated heterocycles. The molecule has 0 unspecified atom stereocenters. The van der Waals surface area contributed by atoms with Gasteiger partial charge in [-0.2, -0.15) is 0 Å². The molecule has 138 valence electrons. The highest BCUT2D eigenvalue weighted by Crippen LogP contribution is 2.31. The molecule has 0 aliphatic carbocycles. The summed E-state index contributed by atoms with van der Waals surface area (Å²) in [6.45, 7) is 0. The number of rotatable bonds is 6. The molecule has 0 radical (unpaired) electrons. The molecule has 1 aromatic carbocycles. The third kappa shape index (κ3) is 3.43. The van der Waals surface area contributed by atoms with E-state index in [-0.39, 0.29) is 11.7 Å². The van der Waals surface area contributed by atoms with E-state index in [2.05, 4.69) is 21.6 Å². The topological polar surface area (TPSA) is 77.8 Å². The van der Waals surface area contributed by atoms with E-state index in [1.54, 1.807) is 50.1 Å². The predicted octanol–water partition coefficient (Wildman–Crippen LogP) is 3.69. The zero-order valence-corrected chi connectivity index (χ0v) is 16.3. The number of methoxy groups -OCH3 is 2. The lowest BCUT2D eigenvalue weighted by Gasteiger charge is -2.10. The van der Waals surface area contributed by atoms with Crippen LogP contribution in [0.1, 0.15) is 0 Å².